The molecule has 1 aromatic carbocycles. The van der Waals surface area contributed by atoms with E-state index < -0.39 is 10.0 Å². The molecular weight excluding hydrogens is 404 g/mol. The van der Waals surface area contributed by atoms with Gasteiger partial charge in [-0.05, 0) is 35.0 Å². The number of nitrogens with zero attached hydrogens (tertiary/aromatic N) is 6. The molecule has 0 spiro atoms. The van der Waals surface area contributed by atoms with Crippen molar-refractivity contribution in [3.8, 4) is 5.75 Å². The summed E-state index contributed by atoms with van der Waals surface area (Å²) < 4.78 is 28.5. The zero-order chi connectivity index (χ0) is 20.3. The first kappa shape index (κ1) is 20.6. The van der Waals surface area contributed by atoms with Crippen LogP contribution >= 0.6 is 11.8 Å². The minimum absolute atomic E-state index is 0.0296. The number of carbonyl (C=O) groups is 1. The van der Waals surface area contributed by atoms with Gasteiger partial charge in [0.25, 0.3) is 0 Å². The van der Waals surface area contributed by atoms with Gasteiger partial charge in [-0.3, -0.25) is 4.79 Å². The summed E-state index contributed by atoms with van der Waals surface area (Å²) >= 11 is 1.40. The zero-order valence-electron chi connectivity index (χ0n) is 15.6. The summed E-state index contributed by atoms with van der Waals surface area (Å²) in [5.41, 5.74) is 0.751. The number of phenols is 1. The molecule has 2 aromatic rings. The molecule has 0 unspecified atom stereocenters. The highest BCUT2D eigenvalue weighted by atomic mass is 32.2. The summed E-state index contributed by atoms with van der Waals surface area (Å²) in [6.07, 6.45) is 0.322. The summed E-state index contributed by atoms with van der Waals surface area (Å²) in [5.74, 6) is 0.250. The molecule has 1 amide bonds. The Bertz CT molecular complexity index is 954. The van der Waals surface area contributed by atoms with E-state index in [1.54, 1.807) is 29.6 Å². The number of sulfonamides is 1. The highest BCUT2D eigenvalue weighted by Gasteiger charge is 2.31. The molecule has 1 saturated heterocycles. The van der Waals surface area contributed by atoms with E-state index in [0.717, 1.165) is 5.56 Å². The van der Waals surface area contributed by atoms with E-state index in [2.05, 4.69) is 15.5 Å². The highest BCUT2D eigenvalue weighted by molar-refractivity contribution is 7.99. The quantitative estimate of drug-likeness (QED) is 0.652. The van der Waals surface area contributed by atoms with E-state index in [1.807, 2.05) is 0 Å². The highest BCUT2D eigenvalue weighted by Crippen LogP contribution is 2.27. The Hall–Kier alpha value is -2.18. The van der Waals surface area contributed by atoms with E-state index in [4.69, 9.17) is 0 Å². The number of aromatic hydroxyl groups is 1. The van der Waals surface area contributed by atoms with Crippen LogP contribution in [0.15, 0.2) is 28.3 Å². The molecule has 2 heterocycles. The number of amides is 1. The van der Waals surface area contributed by atoms with Gasteiger partial charge in [0, 0.05) is 45.4 Å². The number of benzene rings is 1. The molecule has 0 radical (unpaired) electrons. The molecule has 1 fully saturated rings. The maximum atomic E-state index is 12.8. The summed E-state index contributed by atoms with van der Waals surface area (Å²) in [6, 6.07) is 4.49. The summed E-state index contributed by atoms with van der Waals surface area (Å²) in [7, 11) is -2.07. The normalized spacial score (nSPS) is 15.7. The van der Waals surface area contributed by atoms with E-state index in [-0.39, 0.29) is 29.6 Å². The van der Waals surface area contributed by atoms with Gasteiger partial charge in [-0.15, -0.1) is 5.10 Å². The second-order valence-corrected chi connectivity index (χ2v) is 9.41. The van der Waals surface area contributed by atoms with Gasteiger partial charge in [0.05, 0.1) is 0 Å². The van der Waals surface area contributed by atoms with Gasteiger partial charge in [-0.1, -0.05) is 17.8 Å². The number of aromatic nitrogens is 4. The Morgan fingerprint density at radius 1 is 1.25 bits per heavy atom. The van der Waals surface area contributed by atoms with Gasteiger partial charge in [0.1, 0.15) is 10.6 Å². The van der Waals surface area contributed by atoms with Crippen LogP contribution in [0.1, 0.15) is 12.0 Å². The Morgan fingerprint density at radius 3 is 2.61 bits per heavy atom. The number of hydrogen-bond acceptors (Lipinski definition) is 8. The van der Waals surface area contributed by atoms with E-state index in [9.17, 15) is 18.3 Å². The summed E-state index contributed by atoms with van der Waals surface area (Å²) in [6.45, 7) is 2.80. The first-order valence-corrected chi connectivity index (χ1v) is 11.1. The molecular formula is C16H22N6O4S2. The van der Waals surface area contributed by atoms with Gasteiger partial charge >= 0.3 is 0 Å². The minimum Gasteiger partial charge on any atom is -0.507 e. The lowest BCUT2D eigenvalue weighted by atomic mass is 10.2. The van der Waals surface area contributed by atoms with Crippen molar-refractivity contribution < 1.29 is 18.3 Å². The molecule has 12 heteroatoms. The van der Waals surface area contributed by atoms with Crippen LogP contribution in [-0.2, 0) is 21.9 Å². The number of hydrogen-bond donors (Lipinski definition) is 1. The fourth-order valence-electron chi connectivity index (χ4n) is 2.88. The number of phenolic OH excluding ortho intramolecular Hbond substituents is 1. The number of tetrazole rings is 1. The molecule has 152 valence electrons. The number of rotatable bonds is 6. The molecule has 0 bridgehead atoms. The topological polar surface area (TPSA) is 122 Å². The van der Waals surface area contributed by atoms with Crippen molar-refractivity contribution in [3.05, 3.63) is 23.8 Å². The second kappa shape index (κ2) is 8.45. The molecule has 0 saturated carbocycles. The fourth-order valence-corrected chi connectivity index (χ4v) is 5.24. The molecule has 1 aromatic heterocycles. The molecule has 1 aliphatic rings. The zero-order valence-corrected chi connectivity index (χ0v) is 17.3. The molecule has 1 N–H and O–H groups in total. The van der Waals surface area contributed by atoms with Gasteiger partial charge in [0.15, 0.2) is 0 Å². The van der Waals surface area contributed by atoms with Crippen molar-refractivity contribution in [2.45, 2.75) is 23.4 Å². The minimum atomic E-state index is -3.80. The summed E-state index contributed by atoms with van der Waals surface area (Å²) in [4.78, 5) is 14.0. The molecule has 28 heavy (non-hydrogen) atoms. The molecule has 0 aliphatic carbocycles. The van der Waals surface area contributed by atoms with Crippen LogP contribution in [0.2, 0.25) is 0 Å². The predicted molar refractivity (Wildman–Crippen MR) is 102 cm³/mol. The van der Waals surface area contributed by atoms with Crippen LogP contribution in [0.4, 0.5) is 0 Å². The SMILES string of the molecule is Cc1ccc(O)c(S(=O)(=O)N2CCN(C(=O)CCSc3nnnn3C)CC2)c1. The fraction of sp³-hybridized carbons (Fsp3) is 0.500. The lowest BCUT2D eigenvalue weighted by molar-refractivity contribution is -0.131. The van der Waals surface area contributed by atoms with Crippen LogP contribution in [0.25, 0.3) is 0 Å². The Morgan fingerprint density at radius 2 is 1.96 bits per heavy atom. The number of piperazine rings is 1. The maximum Gasteiger partial charge on any atom is 0.246 e. The maximum absolute atomic E-state index is 12.8. The van der Waals surface area contributed by atoms with Crippen molar-refractivity contribution in [1.82, 2.24) is 29.4 Å². The van der Waals surface area contributed by atoms with Crippen molar-refractivity contribution in [2.75, 3.05) is 31.9 Å². The van der Waals surface area contributed by atoms with Crippen LogP contribution in [-0.4, -0.2) is 80.8 Å². The van der Waals surface area contributed by atoms with Gasteiger partial charge < -0.3 is 10.0 Å². The van der Waals surface area contributed by atoms with Crippen LogP contribution in [0.5, 0.6) is 5.75 Å². The number of aryl methyl sites for hydroxylation is 2. The van der Waals surface area contributed by atoms with Crippen LogP contribution in [0.3, 0.4) is 0 Å². The van der Waals surface area contributed by atoms with Gasteiger partial charge in [-0.25, -0.2) is 13.1 Å². The first-order valence-electron chi connectivity index (χ1n) is 8.72. The Kier molecular flexibility index (Phi) is 6.20. The smallest absolute Gasteiger partial charge is 0.246 e. The van der Waals surface area contributed by atoms with Gasteiger partial charge in [-0.2, -0.15) is 4.31 Å². The third kappa shape index (κ3) is 4.45. The van der Waals surface area contributed by atoms with Gasteiger partial charge in [0.2, 0.25) is 21.1 Å². The van der Waals surface area contributed by atoms with E-state index >= 15 is 0 Å². The van der Waals surface area contributed by atoms with Crippen molar-refractivity contribution in [3.63, 3.8) is 0 Å². The van der Waals surface area contributed by atoms with Crippen molar-refractivity contribution in [2.24, 2.45) is 7.05 Å². The lowest BCUT2D eigenvalue weighted by Crippen LogP contribution is -2.50. The Balaban J connectivity index is 1.54. The van der Waals surface area contributed by atoms with Crippen molar-refractivity contribution >= 4 is 27.7 Å². The number of carbonyl (C=O) groups excluding carboxylic acids is 1. The molecule has 10 nitrogen and oxygen atoms in total. The molecule has 0 atom stereocenters. The van der Waals surface area contributed by atoms with Crippen LogP contribution < -0.4 is 0 Å². The second-order valence-electron chi connectivity index (χ2n) is 6.44. The monoisotopic (exact) mass is 426 g/mol. The predicted octanol–water partition coefficient (Wildman–Crippen LogP) is 0.239. The summed E-state index contributed by atoms with van der Waals surface area (Å²) in [5, 5.41) is 21.7. The average molecular weight is 427 g/mol. The molecule has 3 rings (SSSR count). The standard InChI is InChI=1S/C16H22N6O4S2/c1-12-3-4-13(23)14(11-12)28(25,26)22-8-6-21(7-9-22)15(24)5-10-27-16-17-18-19-20(16)2/h3-4,11,23H,5-10H2,1-2H3. The molecule has 1 aliphatic heterocycles. The van der Waals surface area contributed by atoms with Crippen LogP contribution in [0, 0.1) is 6.92 Å². The van der Waals surface area contributed by atoms with E-state index in [0.29, 0.717) is 30.4 Å². The Labute approximate surface area is 167 Å². The number of thioether (sulfide) groups is 1. The van der Waals surface area contributed by atoms with Crippen molar-refractivity contribution in [1.29, 1.82) is 0 Å². The third-order valence-corrected chi connectivity index (χ3v) is 7.39. The third-order valence-electron chi connectivity index (χ3n) is 4.45. The average Bonchev–Trinajstić information content (AvgIpc) is 3.08. The lowest BCUT2D eigenvalue weighted by Gasteiger charge is -2.34. The largest absolute Gasteiger partial charge is 0.507 e. The van der Waals surface area contributed by atoms with E-state index in [1.165, 1.54) is 28.2 Å². The first-order chi connectivity index (χ1) is 13.3.